The third-order valence-corrected chi connectivity index (χ3v) is 3.59. The number of nitrogens with one attached hydrogen (secondary N) is 1. The number of rotatable bonds is 10. The molecule has 0 rings (SSSR count). The second kappa shape index (κ2) is 8.20. The maximum absolute atomic E-state index is 13.4. The second-order valence-corrected chi connectivity index (χ2v) is 5.99. The lowest BCUT2D eigenvalue weighted by atomic mass is 9.91. The Morgan fingerprint density at radius 3 is 1.52 bits per heavy atom. The van der Waals surface area contributed by atoms with E-state index in [2.05, 4.69) is 6.58 Å². The van der Waals surface area contributed by atoms with Crippen LogP contribution in [0.1, 0.15) is 26.2 Å². The summed E-state index contributed by atoms with van der Waals surface area (Å²) in [5, 5.41) is 2.03. The Balaban J connectivity index is 5.45. The van der Waals surface area contributed by atoms with Crippen molar-refractivity contribution in [3.05, 3.63) is 12.2 Å². The van der Waals surface area contributed by atoms with Gasteiger partial charge in [-0.1, -0.05) is 6.58 Å². The zero-order chi connectivity index (χ0) is 23.7. The lowest BCUT2D eigenvalue weighted by Gasteiger charge is -2.39. The number of unbranched alkanes of at least 4 members (excludes halogenated alkanes) is 1. The highest BCUT2D eigenvalue weighted by Crippen LogP contribution is 2.60. The van der Waals surface area contributed by atoms with Crippen molar-refractivity contribution in [1.29, 1.82) is 0 Å². The third kappa shape index (κ3) is 4.90. The zero-order valence-electron chi connectivity index (χ0n) is 14.4. The van der Waals surface area contributed by atoms with Crippen LogP contribution in [-0.4, -0.2) is 48.2 Å². The van der Waals surface area contributed by atoms with Gasteiger partial charge in [0.05, 0.1) is 0 Å². The van der Waals surface area contributed by atoms with Crippen LogP contribution in [0.15, 0.2) is 12.2 Å². The molecule has 1 N–H and O–H groups in total. The van der Waals surface area contributed by atoms with Gasteiger partial charge in [-0.2, -0.15) is 57.1 Å². The average Bonchev–Trinajstić information content (AvgIpc) is 2.52. The summed E-state index contributed by atoms with van der Waals surface area (Å²) in [7, 11) is 0. The first-order valence-electron chi connectivity index (χ1n) is 7.47. The minimum Gasteiger partial charge on any atom is -0.352 e. The molecule has 0 bridgehead atoms. The first-order chi connectivity index (χ1) is 12.6. The van der Waals surface area contributed by atoms with Crippen LogP contribution >= 0.6 is 0 Å². The molecule has 0 heterocycles. The number of carbonyl (C=O) groups excluding carboxylic acids is 1. The maximum atomic E-state index is 13.4. The molecule has 0 saturated heterocycles. The van der Waals surface area contributed by atoms with E-state index in [4.69, 9.17) is 0 Å². The van der Waals surface area contributed by atoms with Crippen LogP contribution in [0, 0.1) is 0 Å². The molecule has 0 aliphatic rings. The van der Waals surface area contributed by atoms with Crippen LogP contribution < -0.4 is 5.32 Å². The van der Waals surface area contributed by atoms with E-state index < -0.39 is 67.5 Å². The number of amides is 1. The van der Waals surface area contributed by atoms with Crippen molar-refractivity contribution in [2.45, 2.75) is 62.0 Å². The fourth-order valence-electron chi connectivity index (χ4n) is 1.78. The van der Waals surface area contributed by atoms with Crippen molar-refractivity contribution in [2.24, 2.45) is 0 Å². The van der Waals surface area contributed by atoms with E-state index in [9.17, 15) is 61.9 Å². The van der Waals surface area contributed by atoms with Crippen molar-refractivity contribution in [3.63, 3.8) is 0 Å². The number of carbonyl (C=O) groups is 1. The fraction of sp³-hybridized carbons (Fsp3) is 0.786. The van der Waals surface area contributed by atoms with Gasteiger partial charge in [-0.25, -0.2) is 0 Å². The molecule has 0 fully saturated rings. The summed E-state index contributed by atoms with van der Waals surface area (Å²) in [5.41, 5.74) is -0.0330. The molecule has 0 aromatic rings. The van der Waals surface area contributed by atoms with Gasteiger partial charge in [-0.3, -0.25) is 4.79 Å². The summed E-state index contributed by atoms with van der Waals surface area (Å²) in [6.07, 6.45) is -11.4. The second-order valence-electron chi connectivity index (χ2n) is 5.99. The van der Waals surface area contributed by atoms with Gasteiger partial charge in [-0.05, 0) is 19.8 Å². The number of halogens is 13. The Morgan fingerprint density at radius 1 is 0.724 bits per heavy atom. The molecule has 0 atom stereocenters. The summed E-state index contributed by atoms with van der Waals surface area (Å²) in [4.78, 5) is 11.1. The summed E-state index contributed by atoms with van der Waals surface area (Å²) in [6.45, 7) is 3.97. The van der Waals surface area contributed by atoms with E-state index in [0.29, 0.717) is 0 Å². The Hall–Kier alpha value is -1.70. The van der Waals surface area contributed by atoms with E-state index >= 15 is 0 Å². The summed E-state index contributed by atoms with van der Waals surface area (Å²) < 4.78 is 167. The monoisotopic (exact) mass is 459 g/mol. The van der Waals surface area contributed by atoms with Gasteiger partial charge in [0.25, 0.3) is 0 Å². The highest BCUT2D eigenvalue weighted by Gasteiger charge is 2.90. The minimum absolute atomic E-state index is 0.0330. The van der Waals surface area contributed by atoms with Gasteiger partial charge in [0, 0.05) is 18.5 Å². The molecule has 0 aliphatic heterocycles. The molecule has 29 heavy (non-hydrogen) atoms. The largest absolute Gasteiger partial charge is 0.460 e. The standard InChI is InChI=1S/C14H14F13NO/c1-7(2)8(29)28-6-4-3-5-9(15,16)10(17,18)11(19,20)12(21,22)13(23,24)14(25,26)27/h1,3-6H2,2H3,(H,28,29). The Labute approximate surface area is 155 Å². The van der Waals surface area contributed by atoms with Crippen LogP contribution in [0.4, 0.5) is 57.1 Å². The van der Waals surface area contributed by atoms with E-state index in [1.54, 1.807) is 0 Å². The summed E-state index contributed by atoms with van der Waals surface area (Å²) in [6, 6.07) is 0. The van der Waals surface area contributed by atoms with Gasteiger partial charge in [0.2, 0.25) is 5.91 Å². The van der Waals surface area contributed by atoms with E-state index in [1.807, 2.05) is 5.32 Å². The smallest absolute Gasteiger partial charge is 0.352 e. The summed E-state index contributed by atoms with van der Waals surface area (Å²) >= 11 is 0. The third-order valence-electron chi connectivity index (χ3n) is 3.59. The highest BCUT2D eigenvalue weighted by molar-refractivity contribution is 5.91. The van der Waals surface area contributed by atoms with Gasteiger partial charge in [0.15, 0.2) is 0 Å². The average molecular weight is 459 g/mol. The molecule has 2 nitrogen and oxygen atoms in total. The van der Waals surface area contributed by atoms with E-state index in [0.717, 1.165) is 0 Å². The van der Waals surface area contributed by atoms with Crippen molar-refractivity contribution in [1.82, 2.24) is 5.32 Å². The lowest BCUT2D eigenvalue weighted by Crippen LogP contribution is -2.70. The number of hydrogen-bond acceptors (Lipinski definition) is 1. The van der Waals surface area contributed by atoms with Crippen LogP contribution in [0.25, 0.3) is 0 Å². The molecular formula is C14H14F13NO. The van der Waals surface area contributed by atoms with Crippen molar-refractivity contribution < 1.29 is 61.9 Å². The van der Waals surface area contributed by atoms with Crippen molar-refractivity contribution in [2.75, 3.05) is 6.54 Å². The van der Waals surface area contributed by atoms with Crippen LogP contribution in [0.3, 0.4) is 0 Å². The first-order valence-corrected chi connectivity index (χ1v) is 7.47. The van der Waals surface area contributed by atoms with E-state index in [1.165, 1.54) is 6.92 Å². The first kappa shape index (κ1) is 27.3. The van der Waals surface area contributed by atoms with E-state index in [-0.39, 0.29) is 5.57 Å². The molecule has 172 valence electrons. The molecular weight excluding hydrogens is 445 g/mol. The van der Waals surface area contributed by atoms with Crippen LogP contribution in [0.2, 0.25) is 0 Å². The molecule has 0 saturated carbocycles. The molecule has 1 amide bonds. The minimum atomic E-state index is -7.89. The molecule has 0 aromatic carbocycles. The van der Waals surface area contributed by atoms with Gasteiger partial charge in [-0.15, -0.1) is 0 Å². The SMILES string of the molecule is C=C(C)C(=O)NCCCCC(F)(F)C(F)(F)C(F)(F)C(F)(F)C(F)(F)C(F)(F)F. The topological polar surface area (TPSA) is 29.1 Å². The zero-order valence-corrected chi connectivity index (χ0v) is 14.4. The van der Waals surface area contributed by atoms with Crippen molar-refractivity contribution >= 4 is 5.91 Å². The van der Waals surface area contributed by atoms with Gasteiger partial charge < -0.3 is 5.32 Å². The highest BCUT2D eigenvalue weighted by atomic mass is 19.4. The molecule has 0 spiro atoms. The Morgan fingerprint density at radius 2 is 1.14 bits per heavy atom. The number of hydrogen-bond donors (Lipinski definition) is 1. The molecule has 0 radical (unpaired) electrons. The number of alkyl halides is 13. The van der Waals surface area contributed by atoms with Crippen molar-refractivity contribution in [3.8, 4) is 0 Å². The quantitative estimate of drug-likeness (QED) is 0.258. The predicted molar refractivity (Wildman–Crippen MR) is 72.5 cm³/mol. The van der Waals surface area contributed by atoms with Crippen LogP contribution in [0.5, 0.6) is 0 Å². The summed E-state index contributed by atoms with van der Waals surface area (Å²) in [5.74, 6) is -37.5. The van der Waals surface area contributed by atoms with Crippen LogP contribution in [-0.2, 0) is 4.79 Å². The molecule has 0 aromatic heterocycles. The molecule has 0 unspecified atom stereocenters. The molecule has 0 aliphatic carbocycles. The normalized spacial score (nSPS) is 14.7. The predicted octanol–water partition coefficient (Wildman–Crippen LogP) is 5.59. The van der Waals surface area contributed by atoms with Gasteiger partial charge >= 0.3 is 35.8 Å². The Kier molecular flexibility index (Phi) is 7.72. The molecule has 15 heteroatoms. The fourth-order valence-corrected chi connectivity index (χ4v) is 1.78. The van der Waals surface area contributed by atoms with Gasteiger partial charge in [0.1, 0.15) is 0 Å². The Bertz CT molecular complexity index is 609. The lowest BCUT2D eigenvalue weighted by molar-refractivity contribution is -0.440. The maximum Gasteiger partial charge on any atom is 0.460 e.